The van der Waals surface area contributed by atoms with Gasteiger partial charge in [0, 0.05) is 18.5 Å². The minimum Gasteiger partial charge on any atom is -0.320 e. The number of carbonyl (C=O) groups excluding carboxylic acids is 1. The number of carbonyl (C=O) groups is 1. The molecule has 0 aromatic heterocycles. The van der Waals surface area contributed by atoms with Crippen molar-refractivity contribution >= 4 is 14.4 Å². The maximum Gasteiger partial charge on any atom is 0.285 e. The van der Waals surface area contributed by atoms with Crippen molar-refractivity contribution in [3.05, 3.63) is 108 Å². The molecule has 0 fully saturated rings. The summed E-state index contributed by atoms with van der Waals surface area (Å²) < 4.78 is 15.0. The van der Waals surface area contributed by atoms with Gasteiger partial charge in [0.1, 0.15) is 5.54 Å². The molecule has 1 atom stereocenters. The van der Waals surface area contributed by atoms with Crippen molar-refractivity contribution < 1.29 is 13.9 Å². The van der Waals surface area contributed by atoms with Gasteiger partial charge in [0.15, 0.2) is 0 Å². The number of unbranched alkanes of at least 4 members (excludes halogenated alkanes) is 2. The Morgan fingerprint density at radius 3 is 1.74 bits per heavy atom. The molecule has 8 heteroatoms. The summed E-state index contributed by atoms with van der Waals surface area (Å²) in [5.41, 5.74) is 5.51. The summed E-state index contributed by atoms with van der Waals surface area (Å²) in [6, 6.07) is 32.7. The molecule has 0 aliphatic carbocycles. The summed E-state index contributed by atoms with van der Waals surface area (Å²) >= 11 is 0. The fraction of sp³-hybridized carbons (Fsp3) is 0.412. The lowest BCUT2D eigenvalue weighted by atomic mass is 9.77. The van der Waals surface area contributed by atoms with Crippen molar-refractivity contribution in [3.63, 3.8) is 0 Å². The van der Waals surface area contributed by atoms with Crippen molar-refractivity contribution in [1.29, 1.82) is 5.26 Å². The highest BCUT2D eigenvalue weighted by atomic mass is 31.2. The lowest BCUT2D eigenvalue weighted by Gasteiger charge is -2.42. The van der Waals surface area contributed by atoms with Gasteiger partial charge in [0.05, 0.1) is 19.1 Å². The average molecular weight is 589 g/mol. The second-order valence-electron chi connectivity index (χ2n) is 10.7. The molecule has 0 saturated carbocycles. The Morgan fingerprint density at radius 1 is 0.857 bits per heavy atom. The molecule has 3 aromatic carbocycles. The zero-order valence-corrected chi connectivity index (χ0v) is 26.5. The van der Waals surface area contributed by atoms with Gasteiger partial charge in [0.25, 0.3) is 14.4 Å². The summed E-state index contributed by atoms with van der Waals surface area (Å²) in [6.07, 6.45) is 3.24. The smallest absolute Gasteiger partial charge is 0.285 e. The van der Waals surface area contributed by atoms with Crippen LogP contribution in [0.2, 0.25) is 0 Å². The first-order valence-corrected chi connectivity index (χ1v) is 16.0. The van der Waals surface area contributed by atoms with E-state index in [0.29, 0.717) is 6.42 Å². The number of nitrogens with zero attached hydrogens (tertiary/aromatic N) is 3. The van der Waals surface area contributed by atoms with Gasteiger partial charge in [-0.25, -0.2) is 4.67 Å². The van der Waals surface area contributed by atoms with Gasteiger partial charge < -0.3 is 4.52 Å². The molecule has 224 valence electrons. The third-order valence-electron chi connectivity index (χ3n) is 6.92. The van der Waals surface area contributed by atoms with Crippen LogP contribution in [0.25, 0.3) is 0 Å². The number of rotatable bonds is 17. The van der Waals surface area contributed by atoms with Crippen molar-refractivity contribution in [2.24, 2.45) is 0 Å². The average Bonchev–Trinajstić information content (AvgIpc) is 3.00. The Balaban J connectivity index is 2.19. The van der Waals surface area contributed by atoms with E-state index in [1.807, 2.05) is 54.6 Å². The van der Waals surface area contributed by atoms with Gasteiger partial charge in [-0.15, -0.1) is 5.17 Å². The van der Waals surface area contributed by atoms with Gasteiger partial charge in [-0.05, 0) is 50.8 Å². The molecule has 1 unspecified atom stereocenters. The predicted octanol–water partition coefficient (Wildman–Crippen LogP) is 8.10. The van der Waals surface area contributed by atoms with Crippen molar-refractivity contribution in [1.82, 2.24) is 15.3 Å². The quantitative estimate of drug-likeness (QED) is 0.0743. The number of hydrazine groups is 1. The summed E-state index contributed by atoms with van der Waals surface area (Å²) in [4.78, 5) is 14.0. The zero-order valence-electron chi connectivity index (χ0n) is 25.6. The molecule has 1 amide bonds. The van der Waals surface area contributed by atoms with Crippen LogP contribution in [-0.2, 0) is 19.5 Å². The minimum absolute atomic E-state index is 0.0809. The monoisotopic (exact) mass is 588 g/mol. The Bertz CT molecular complexity index is 1130. The van der Waals surface area contributed by atoms with Gasteiger partial charge in [-0.1, -0.05) is 111 Å². The van der Waals surface area contributed by atoms with E-state index in [1.165, 1.54) is 5.17 Å². The number of nitrogens with one attached hydrogen (secondary N) is 1. The number of hydrogen-bond donors (Lipinski definition) is 1. The van der Waals surface area contributed by atoms with Crippen LogP contribution in [0.1, 0.15) is 83.4 Å². The van der Waals surface area contributed by atoms with E-state index >= 15 is 0 Å². The lowest BCUT2D eigenvalue weighted by Crippen LogP contribution is -2.55. The highest BCUT2D eigenvalue weighted by Gasteiger charge is 2.41. The maximum absolute atomic E-state index is 14.0. The molecule has 42 heavy (non-hydrogen) atoms. The van der Waals surface area contributed by atoms with Crippen molar-refractivity contribution in [2.75, 3.05) is 6.61 Å². The topological polar surface area (TPSA) is 77.8 Å². The third kappa shape index (κ3) is 8.70. The van der Waals surface area contributed by atoms with Crippen molar-refractivity contribution in [2.45, 2.75) is 84.3 Å². The first kappa shape index (κ1) is 33.4. The fourth-order valence-corrected chi connectivity index (χ4v) is 6.55. The number of amides is 1. The van der Waals surface area contributed by atoms with Crippen LogP contribution in [-0.4, -0.2) is 34.4 Å². The van der Waals surface area contributed by atoms with Gasteiger partial charge >= 0.3 is 0 Å². The van der Waals surface area contributed by atoms with Crippen LogP contribution < -0.4 is 5.43 Å². The molecule has 0 saturated heterocycles. The first-order valence-electron chi connectivity index (χ1n) is 14.9. The third-order valence-corrected chi connectivity index (χ3v) is 8.93. The van der Waals surface area contributed by atoms with Crippen molar-refractivity contribution in [3.8, 4) is 6.07 Å². The Kier molecular flexibility index (Phi) is 13.6. The molecule has 0 radical (unpaired) electrons. The number of hydroxylamine groups is 1. The van der Waals surface area contributed by atoms with E-state index < -0.39 is 14.1 Å². The molecule has 0 heterocycles. The summed E-state index contributed by atoms with van der Waals surface area (Å²) in [5, 5.41) is 10.5. The summed E-state index contributed by atoms with van der Waals surface area (Å²) in [7, 11) is -1.74. The molecule has 0 spiro atoms. The molecular weight excluding hydrogens is 543 g/mol. The van der Waals surface area contributed by atoms with E-state index in [1.54, 1.807) is 0 Å². The second-order valence-corrected chi connectivity index (χ2v) is 12.1. The minimum atomic E-state index is -1.74. The number of benzene rings is 3. The predicted molar refractivity (Wildman–Crippen MR) is 170 cm³/mol. The van der Waals surface area contributed by atoms with E-state index in [0.717, 1.165) is 36.0 Å². The van der Waals surface area contributed by atoms with E-state index in [4.69, 9.17) is 9.15 Å². The van der Waals surface area contributed by atoms with Gasteiger partial charge in [-0.2, -0.15) is 15.3 Å². The largest absolute Gasteiger partial charge is 0.320 e. The molecular formula is C34H45N4O3P. The maximum atomic E-state index is 14.0. The van der Waals surface area contributed by atoms with Crippen LogP contribution >= 0.6 is 8.53 Å². The Morgan fingerprint density at radius 2 is 1.33 bits per heavy atom. The standard InChI is InChI=1S/C34H45N4O3P/c1-6-7-11-25-33(39)38(41-42(40-27-18-26-35)37(28(2)3)29(4)5)36-34(30-19-12-8-13-20-30,31-21-14-9-15-22-31)32-23-16-10-17-24-32/h8-10,12-17,19-24,28-29,36H,6-7,11,18,25,27H2,1-5H3. The van der Waals surface area contributed by atoms with E-state index in [2.05, 4.69) is 87.2 Å². The Hall–Kier alpha value is -3.11. The molecule has 0 aliphatic heterocycles. The molecule has 3 rings (SSSR count). The fourth-order valence-electron chi connectivity index (χ4n) is 5.01. The number of hydrogen-bond acceptors (Lipinski definition) is 6. The van der Waals surface area contributed by atoms with Crippen LogP contribution in [0.3, 0.4) is 0 Å². The second kappa shape index (κ2) is 17.1. The highest BCUT2D eigenvalue weighted by Crippen LogP contribution is 2.47. The van der Waals surface area contributed by atoms with Gasteiger partial charge in [-0.3, -0.25) is 4.79 Å². The zero-order chi connectivity index (χ0) is 30.4. The lowest BCUT2D eigenvalue weighted by molar-refractivity contribution is -0.177. The summed E-state index contributed by atoms with van der Waals surface area (Å²) in [6.45, 7) is 10.6. The molecule has 0 bridgehead atoms. The highest BCUT2D eigenvalue weighted by molar-refractivity contribution is 7.44. The number of nitriles is 1. The SMILES string of the molecule is CCCCCC(=O)N(NC(c1ccccc1)(c1ccccc1)c1ccccc1)OP(OCCC#N)N(C(C)C)C(C)C. The van der Waals surface area contributed by atoms with Crippen LogP contribution in [0.5, 0.6) is 0 Å². The van der Waals surface area contributed by atoms with E-state index in [9.17, 15) is 10.1 Å². The molecule has 7 nitrogen and oxygen atoms in total. The van der Waals surface area contributed by atoms with Crippen LogP contribution in [0.15, 0.2) is 91.0 Å². The normalized spacial score (nSPS) is 12.5. The molecule has 0 aliphatic rings. The van der Waals surface area contributed by atoms with Crippen LogP contribution in [0.4, 0.5) is 0 Å². The van der Waals surface area contributed by atoms with Crippen LogP contribution in [0, 0.1) is 11.3 Å². The van der Waals surface area contributed by atoms with Gasteiger partial charge in [0.2, 0.25) is 0 Å². The Labute approximate surface area is 253 Å². The molecule has 1 N–H and O–H groups in total. The van der Waals surface area contributed by atoms with E-state index in [-0.39, 0.29) is 31.0 Å². The summed E-state index contributed by atoms with van der Waals surface area (Å²) in [5.74, 6) is -0.181. The first-order chi connectivity index (χ1) is 20.3. The molecule has 3 aromatic rings.